The van der Waals surface area contributed by atoms with Crippen LogP contribution in [0.5, 0.6) is 0 Å². The van der Waals surface area contributed by atoms with E-state index in [0.717, 1.165) is 12.1 Å². The van der Waals surface area contributed by atoms with Crippen LogP contribution in [0.4, 0.5) is 0 Å². The molecule has 3 aromatic rings. The number of rotatable bonds is 5. The van der Waals surface area contributed by atoms with Crippen LogP contribution in [-0.2, 0) is 22.1 Å². The van der Waals surface area contributed by atoms with Gasteiger partial charge in [-0.05, 0) is 17.7 Å². The Morgan fingerprint density at radius 2 is 1.26 bits per heavy atom. The van der Waals surface area contributed by atoms with Crippen LogP contribution in [0, 0.1) is 0 Å². The maximum absolute atomic E-state index is 12.4. The topological polar surface area (TPSA) is 38.0 Å². The Labute approximate surface area is 136 Å². The first-order valence-corrected chi connectivity index (χ1v) is 9.08. The van der Waals surface area contributed by atoms with E-state index in [1.807, 2.05) is 53.4 Å². The summed E-state index contributed by atoms with van der Waals surface area (Å²) in [6.45, 7) is 0.770. The van der Waals surface area contributed by atoms with Crippen molar-refractivity contribution in [1.82, 2.24) is 0 Å². The first-order valence-electron chi connectivity index (χ1n) is 7.43. The smallest absolute Gasteiger partial charge is 0.182 e. The third-order valence-corrected chi connectivity index (χ3v) is 5.33. The van der Waals surface area contributed by atoms with Crippen molar-refractivity contribution in [2.24, 2.45) is 0 Å². The zero-order chi connectivity index (χ0) is 16.1. The van der Waals surface area contributed by atoms with Crippen LogP contribution < -0.4 is 4.57 Å². The Bertz CT molecular complexity index is 858. The molecule has 0 aliphatic carbocycles. The highest BCUT2D eigenvalue weighted by atomic mass is 32.2. The van der Waals surface area contributed by atoms with E-state index in [-0.39, 0.29) is 5.75 Å². The summed E-state index contributed by atoms with van der Waals surface area (Å²) in [5, 5.41) is 0. The normalized spacial score (nSPS) is 11.3. The maximum atomic E-state index is 12.4. The fourth-order valence-corrected chi connectivity index (χ4v) is 3.78. The van der Waals surface area contributed by atoms with Crippen molar-refractivity contribution in [3.05, 3.63) is 96.3 Å². The highest BCUT2D eigenvalue weighted by Gasteiger charge is 2.15. The maximum Gasteiger partial charge on any atom is 0.182 e. The lowest BCUT2D eigenvalue weighted by atomic mass is 10.2. The van der Waals surface area contributed by atoms with Crippen LogP contribution in [0.15, 0.2) is 90.1 Å². The molecule has 0 bridgehead atoms. The summed E-state index contributed by atoms with van der Waals surface area (Å²) < 4.78 is 26.8. The molecule has 0 N–H and O–H groups in total. The first kappa shape index (κ1) is 15.4. The van der Waals surface area contributed by atoms with Gasteiger partial charge in [0.05, 0.1) is 10.6 Å². The summed E-state index contributed by atoms with van der Waals surface area (Å²) >= 11 is 0. The minimum absolute atomic E-state index is 0.0171. The Kier molecular flexibility index (Phi) is 4.53. The van der Waals surface area contributed by atoms with E-state index in [0.29, 0.717) is 4.90 Å². The fraction of sp³-hybridized carbons (Fsp3) is 0.105. The number of hydrogen-bond donors (Lipinski definition) is 0. The molecule has 0 atom stereocenters. The van der Waals surface area contributed by atoms with Gasteiger partial charge in [0.15, 0.2) is 28.8 Å². The Morgan fingerprint density at radius 3 is 1.87 bits per heavy atom. The molecule has 0 aliphatic heterocycles. The van der Waals surface area contributed by atoms with E-state index in [4.69, 9.17) is 0 Å². The van der Waals surface area contributed by atoms with Gasteiger partial charge in [-0.3, -0.25) is 0 Å². The molecule has 0 saturated carbocycles. The molecule has 0 spiro atoms. The van der Waals surface area contributed by atoms with Gasteiger partial charge in [0.25, 0.3) is 0 Å². The molecule has 1 aromatic heterocycles. The molecule has 116 valence electrons. The van der Waals surface area contributed by atoms with Crippen molar-refractivity contribution in [3.63, 3.8) is 0 Å². The van der Waals surface area contributed by atoms with E-state index < -0.39 is 9.84 Å². The monoisotopic (exact) mass is 324 g/mol. The lowest BCUT2D eigenvalue weighted by Crippen LogP contribution is -2.33. The Balaban J connectivity index is 1.73. The fourth-order valence-electron chi connectivity index (χ4n) is 2.41. The minimum Gasteiger partial charge on any atom is -0.223 e. The molecule has 2 aromatic carbocycles. The Hall–Kier alpha value is -2.46. The second-order valence-electron chi connectivity index (χ2n) is 5.44. The average Bonchev–Trinajstić information content (AvgIpc) is 2.58. The molecule has 0 radical (unpaired) electrons. The van der Waals surface area contributed by atoms with Crippen molar-refractivity contribution in [2.75, 3.05) is 0 Å². The van der Waals surface area contributed by atoms with Gasteiger partial charge >= 0.3 is 0 Å². The van der Waals surface area contributed by atoms with Crippen molar-refractivity contribution >= 4 is 9.84 Å². The van der Waals surface area contributed by atoms with Gasteiger partial charge in [-0.25, -0.2) is 13.0 Å². The van der Waals surface area contributed by atoms with Crippen LogP contribution in [0.25, 0.3) is 0 Å². The van der Waals surface area contributed by atoms with E-state index in [2.05, 4.69) is 12.1 Å². The molecule has 1 heterocycles. The SMILES string of the molecule is O=S(=O)(Cc1cc[n+](Cc2ccccc2)cc1)c1ccccc1. The van der Waals surface area contributed by atoms with Gasteiger partial charge in [0.1, 0.15) is 0 Å². The van der Waals surface area contributed by atoms with Crippen LogP contribution >= 0.6 is 0 Å². The lowest BCUT2D eigenvalue weighted by molar-refractivity contribution is -0.688. The predicted octanol–water partition coefficient (Wildman–Crippen LogP) is 3.00. The zero-order valence-electron chi connectivity index (χ0n) is 12.7. The molecule has 0 saturated heterocycles. The molecule has 3 rings (SSSR count). The molecule has 0 fully saturated rings. The zero-order valence-corrected chi connectivity index (χ0v) is 13.5. The molecular weight excluding hydrogens is 306 g/mol. The lowest BCUT2D eigenvalue weighted by Gasteiger charge is -2.04. The van der Waals surface area contributed by atoms with Gasteiger partial charge in [-0.2, -0.15) is 0 Å². The number of aromatic nitrogens is 1. The third-order valence-electron chi connectivity index (χ3n) is 3.63. The summed E-state index contributed by atoms with van der Waals surface area (Å²) in [6, 6.07) is 22.4. The van der Waals surface area contributed by atoms with Crippen molar-refractivity contribution in [2.45, 2.75) is 17.2 Å². The molecule has 0 unspecified atom stereocenters. The highest BCUT2D eigenvalue weighted by molar-refractivity contribution is 7.90. The van der Waals surface area contributed by atoms with Crippen molar-refractivity contribution < 1.29 is 13.0 Å². The molecule has 4 heteroatoms. The number of pyridine rings is 1. The summed E-state index contributed by atoms with van der Waals surface area (Å²) in [7, 11) is -3.29. The van der Waals surface area contributed by atoms with Crippen molar-refractivity contribution in [3.8, 4) is 0 Å². The second kappa shape index (κ2) is 6.75. The van der Waals surface area contributed by atoms with Crippen LogP contribution in [0.1, 0.15) is 11.1 Å². The minimum atomic E-state index is -3.29. The van der Waals surface area contributed by atoms with Crippen LogP contribution in [0.3, 0.4) is 0 Å². The van der Waals surface area contributed by atoms with E-state index >= 15 is 0 Å². The number of hydrogen-bond acceptors (Lipinski definition) is 2. The third kappa shape index (κ3) is 4.05. The van der Waals surface area contributed by atoms with E-state index in [1.165, 1.54) is 5.56 Å². The molecule has 23 heavy (non-hydrogen) atoms. The number of nitrogens with zero attached hydrogens (tertiary/aromatic N) is 1. The van der Waals surface area contributed by atoms with Gasteiger partial charge in [0.2, 0.25) is 0 Å². The number of benzene rings is 2. The van der Waals surface area contributed by atoms with Crippen LogP contribution in [-0.4, -0.2) is 8.42 Å². The van der Waals surface area contributed by atoms with Gasteiger partial charge in [0, 0.05) is 17.7 Å². The van der Waals surface area contributed by atoms with Crippen molar-refractivity contribution in [1.29, 1.82) is 0 Å². The van der Waals surface area contributed by atoms with Crippen LogP contribution in [0.2, 0.25) is 0 Å². The molecule has 0 amide bonds. The standard InChI is InChI=1S/C19H18NO2S/c21-23(22,19-9-5-2-6-10-19)16-18-11-13-20(14-12-18)15-17-7-3-1-4-8-17/h1-14H,15-16H2/q+1. The highest BCUT2D eigenvalue weighted by Crippen LogP contribution is 2.15. The predicted molar refractivity (Wildman–Crippen MR) is 89.5 cm³/mol. The van der Waals surface area contributed by atoms with Gasteiger partial charge < -0.3 is 0 Å². The first-order chi connectivity index (χ1) is 11.1. The number of sulfone groups is 1. The average molecular weight is 324 g/mol. The summed E-state index contributed by atoms with van der Waals surface area (Å²) in [5.41, 5.74) is 2.00. The second-order valence-corrected chi connectivity index (χ2v) is 7.43. The van der Waals surface area contributed by atoms with E-state index in [9.17, 15) is 8.42 Å². The molecule has 0 aliphatic rings. The summed E-state index contributed by atoms with van der Waals surface area (Å²) in [6.07, 6.45) is 3.84. The summed E-state index contributed by atoms with van der Waals surface area (Å²) in [5.74, 6) is 0.0171. The Morgan fingerprint density at radius 1 is 0.696 bits per heavy atom. The van der Waals surface area contributed by atoms with Gasteiger partial charge in [-0.1, -0.05) is 48.5 Å². The largest absolute Gasteiger partial charge is 0.223 e. The quantitative estimate of drug-likeness (QED) is 0.677. The van der Waals surface area contributed by atoms with E-state index in [1.54, 1.807) is 24.3 Å². The molecular formula is C19H18NO2S+. The summed E-state index contributed by atoms with van der Waals surface area (Å²) in [4.78, 5) is 0.362. The molecule has 3 nitrogen and oxygen atoms in total. The van der Waals surface area contributed by atoms with Gasteiger partial charge in [-0.15, -0.1) is 0 Å².